The van der Waals surface area contributed by atoms with E-state index in [1.54, 1.807) is 10.4 Å². The van der Waals surface area contributed by atoms with Gasteiger partial charge in [0.1, 0.15) is 0 Å². The van der Waals surface area contributed by atoms with E-state index in [1.165, 1.54) is 0 Å². The van der Waals surface area contributed by atoms with Crippen LogP contribution < -0.4 is 5.73 Å². The highest BCUT2D eigenvalue weighted by Crippen LogP contribution is 2.39. The van der Waals surface area contributed by atoms with Gasteiger partial charge in [0, 0.05) is 23.6 Å². The second-order valence-electron chi connectivity index (χ2n) is 6.35. The van der Waals surface area contributed by atoms with Gasteiger partial charge in [0.25, 0.3) is 0 Å². The minimum Gasteiger partial charge on any atom is -0.327 e. The summed E-state index contributed by atoms with van der Waals surface area (Å²) < 4.78 is 28.4. The van der Waals surface area contributed by atoms with Crippen LogP contribution in [0.3, 0.4) is 0 Å². The molecule has 1 aromatic rings. The Hall–Kier alpha value is -0.430. The Labute approximate surface area is 134 Å². The second kappa shape index (κ2) is 5.33. The van der Waals surface area contributed by atoms with E-state index in [0.29, 0.717) is 29.8 Å². The van der Waals surface area contributed by atoms with Gasteiger partial charge in [-0.3, -0.25) is 0 Å². The third kappa shape index (κ3) is 2.56. The van der Waals surface area contributed by atoms with Gasteiger partial charge >= 0.3 is 0 Å². The van der Waals surface area contributed by atoms with E-state index in [2.05, 4.69) is 15.9 Å². The van der Waals surface area contributed by atoms with Gasteiger partial charge in [-0.2, -0.15) is 4.31 Å². The standard InChI is InChI=1S/C15H21BrN2O2S/c1-9-6-15(10(2)5-13(9)16)21(19,20)18-7-11-3-4-14(17)12(11)8-18/h5-6,11-12,14H,3-4,7-8,17H2,1-2H3. The highest BCUT2D eigenvalue weighted by Gasteiger charge is 2.45. The fourth-order valence-electron chi connectivity index (χ4n) is 3.63. The van der Waals surface area contributed by atoms with Gasteiger partial charge in [0.15, 0.2) is 0 Å². The summed E-state index contributed by atoms with van der Waals surface area (Å²) in [5, 5.41) is 0. The highest BCUT2D eigenvalue weighted by molar-refractivity contribution is 9.10. The van der Waals surface area contributed by atoms with Crippen LogP contribution in [0.4, 0.5) is 0 Å². The van der Waals surface area contributed by atoms with Gasteiger partial charge in [0.2, 0.25) is 10.0 Å². The first-order valence-corrected chi connectivity index (χ1v) is 9.56. The van der Waals surface area contributed by atoms with Crippen molar-refractivity contribution < 1.29 is 8.42 Å². The lowest BCUT2D eigenvalue weighted by Crippen LogP contribution is -2.33. The first-order valence-electron chi connectivity index (χ1n) is 7.33. The van der Waals surface area contributed by atoms with Crippen LogP contribution in [0.1, 0.15) is 24.0 Å². The minimum absolute atomic E-state index is 0.156. The van der Waals surface area contributed by atoms with E-state index < -0.39 is 10.0 Å². The number of rotatable bonds is 2. The summed E-state index contributed by atoms with van der Waals surface area (Å²) >= 11 is 3.45. The minimum atomic E-state index is -3.42. The van der Waals surface area contributed by atoms with Crippen molar-refractivity contribution in [1.29, 1.82) is 0 Å². The van der Waals surface area contributed by atoms with Crippen molar-refractivity contribution in [3.63, 3.8) is 0 Å². The predicted molar refractivity (Wildman–Crippen MR) is 86.6 cm³/mol. The average molecular weight is 373 g/mol. The first-order chi connectivity index (χ1) is 9.80. The Kier molecular flexibility index (Phi) is 3.93. The van der Waals surface area contributed by atoms with E-state index in [-0.39, 0.29) is 6.04 Å². The molecule has 0 radical (unpaired) electrons. The number of fused-ring (bicyclic) bond motifs is 1. The normalized spacial score (nSPS) is 29.8. The third-order valence-electron chi connectivity index (χ3n) is 4.95. The molecule has 2 aliphatic rings. The van der Waals surface area contributed by atoms with Crippen molar-refractivity contribution in [2.24, 2.45) is 17.6 Å². The molecule has 3 rings (SSSR count). The summed E-state index contributed by atoms with van der Waals surface area (Å²) in [6.07, 6.45) is 2.08. The molecule has 116 valence electrons. The second-order valence-corrected chi connectivity index (χ2v) is 9.11. The molecule has 1 saturated carbocycles. The van der Waals surface area contributed by atoms with Crippen molar-refractivity contribution >= 4 is 26.0 Å². The lowest BCUT2D eigenvalue weighted by molar-refractivity contribution is 0.427. The maximum atomic E-state index is 12.9. The quantitative estimate of drug-likeness (QED) is 0.866. The summed E-state index contributed by atoms with van der Waals surface area (Å²) in [7, 11) is -3.42. The van der Waals surface area contributed by atoms with E-state index >= 15 is 0 Å². The van der Waals surface area contributed by atoms with Crippen LogP contribution in [-0.4, -0.2) is 31.9 Å². The summed E-state index contributed by atoms with van der Waals surface area (Å²) in [5.41, 5.74) is 7.84. The van der Waals surface area contributed by atoms with E-state index in [0.717, 1.165) is 28.4 Å². The molecular formula is C15H21BrN2O2S. The molecule has 21 heavy (non-hydrogen) atoms. The lowest BCUT2D eigenvalue weighted by atomic mass is 9.98. The Morgan fingerprint density at radius 3 is 2.57 bits per heavy atom. The van der Waals surface area contributed by atoms with E-state index in [1.807, 2.05) is 19.9 Å². The number of halogens is 1. The number of benzene rings is 1. The van der Waals surface area contributed by atoms with Crippen LogP contribution in [0, 0.1) is 25.7 Å². The van der Waals surface area contributed by atoms with Crippen LogP contribution in [-0.2, 0) is 10.0 Å². The van der Waals surface area contributed by atoms with Gasteiger partial charge in [-0.15, -0.1) is 0 Å². The molecule has 2 N–H and O–H groups in total. The average Bonchev–Trinajstić information content (AvgIpc) is 2.97. The predicted octanol–water partition coefficient (Wildman–Crippen LogP) is 2.42. The van der Waals surface area contributed by atoms with Gasteiger partial charge in [-0.1, -0.05) is 15.9 Å². The molecular weight excluding hydrogens is 352 g/mol. The smallest absolute Gasteiger partial charge is 0.243 e. The Morgan fingerprint density at radius 2 is 1.90 bits per heavy atom. The van der Waals surface area contributed by atoms with Crippen molar-refractivity contribution in [2.45, 2.75) is 37.6 Å². The Bertz CT molecular complexity index is 674. The number of nitrogens with zero attached hydrogens (tertiary/aromatic N) is 1. The molecule has 1 aliphatic heterocycles. The summed E-state index contributed by atoms with van der Waals surface area (Å²) in [6.45, 7) is 4.95. The zero-order chi connectivity index (χ0) is 15.4. The van der Waals surface area contributed by atoms with Crippen molar-refractivity contribution in [3.05, 3.63) is 27.7 Å². The molecule has 3 atom stereocenters. The zero-order valence-corrected chi connectivity index (χ0v) is 14.7. The molecule has 0 amide bonds. The highest BCUT2D eigenvalue weighted by atomic mass is 79.9. The zero-order valence-electron chi connectivity index (χ0n) is 12.3. The number of sulfonamides is 1. The van der Waals surface area contributed by atoms with Crippen LogP contribution in [0.25, 0.3) is 0 Å². The molecule has 6 heteroatoms. The Morgan fingerprint density at radius 1 is 1.19 bits per heavy atom. The molecule has 0 bridgehead atoms. The van der Waals surface area contributed by atoms with Crippen LogP contribution in [0.5, 0.6) is 0 Å². The van der Waals surface area contributed by atoms with E-state index in [4.69, 9.17) is 5.73 Å². The molecule has 2 fully saturated rings. The van der Waals surface area contributed by atoms with Crippen LogP contribution in [0.2, 0.25) is 0 Å². The first kappa shape index (κ1) is 15.5. The number of aryl methyl sites for hydroxylation is 2. The fraction of sp³-hybridized carbons (Fsp3) is 0.600. The molecule has 1 aromatic carbocycles. The van der Waals surface area contributed by atoms with Crippen LogP contribution in [0.15, 0.2) is 21.5 Å². The number of nitrogens with two attached hydrogens (primary N) is 1. The maximum absolute atomic E-state index is 12.9. The van der Waals surface area contributed by atoms with Crippen molar-refractivity contribution in [1.82, 2.24) is 4.31 Å². The SMILES string of the molecule is Cc1cc(S(=O)(=O)N2CC3CCC(N)C3C2)c(C)cc1Br. The topological polar surface area (TPSA) is 63.4 Å². The van der Waals surface area contributed by atoms with Gasteiger partial charge in [-0.05, 0) is 61.8 Å². The maximum Gasteiger partial charge on any atom is 0.243 e. The lowest BCUT2D eigenvalue weighted by Gasteiger charge is -2.20. The van der Waals surface area contributed by atoms with Crippen molar-refractivity contribution in [3.8, 4) is 0 Å². The van der Waals surface area contributed by atoms with Crippen LogP contribution >= 0.6 is 15.9 Å². The summed E-state index contributed by atoms with van der Waals surface area (Å²) in [6, 6.07) is 3.80. The van der Waals surface area contributed by atoms with Crippen molar-refractivity contribution in [2.75, 3.05) is 13.1 Å². The molecule has 0 spiro atoms. The van der Waals surface area contributed by atoms with E-state index in [9.17, 15) is 8.42 Å². The molecule has 1 heterocycles. The van der Waals surface area contributed by atoms with Gasteiger partial charge in [0.05, 0.1) is 4.90 Å². The summed E-state index contributed by atoms with van der Waals surface area (Å²) in [4.78, 5) is 0.428. The van der Waals surface area contributed by atoms with Gasteiger partial charge < -0.3 is 5.73 Å². The largest absolute Gasteiger partial charge is 0.327 e. The number of hydrogen-bond donors (Lipinski definition) is 1. The monoisotopic (exact) mass is 372 g/mol. The Balaban J connectivity index is 1.94. The molecule has 3 unspecified atom stereocenters. The summed E-state index contributed by atoms with van der Waals surface area (Å²) in [5.74, 6) is 0.767. The molecule has 1 aliphatic carbocycles. The van der Waals surface area contributed by atoms with Gasteiger partial charge in [-0.25, -0.2) is 8.42 Å². The molecule has 0 aromatic heterocycles. The fourth-order valence-corrected chi connectivity index (χ4v) is 5.92. The third-order valence-corrected chi connectivity index (χ3v) is 7.78. The molecule has 4 nitrogen and oxygen atoms in total. The molecule has 1 saturated heterocycles. The number of hydrogen-bond acceptors (Lipinski definition) is 3.